The summed E-state index contributed by atoms with van der Waals surface area (Å²) in [5.41, 5.74) is 0.324. The number of pyridine rings is 1. The lowest BCUT2D eigenvalue weighted by molar-refractivity contribution is -0.130. The zero-order valence-electron chi connectivity index (χ0n) is 11.4. The van der Waals surface area contributed by atoms with Gasteiger partial charge in [0.2, 0.25) is 5.91 Å². The Morgan fingerprint density at radius 3 is 2.25 bits per heavy atom. The third-order valence-electron chi connectivity index (χ3n) is 2.77. The molecule has 1 rings (SSSR count). The lowest BCUT2D eigenvalue weighted by Crippen LogP contribution is -2.34. The Kier molecular flexibility index (Phi) is 6.75. The molecule has 7 heteroatoms. The molecule has 0 aliphatic carbocycles. The summed E-state index contributed by atoms with van der Waals surface area (Å²) in [6.07, 6.45) is 0.264. The summed E-state index contributed by atoms with van der Waals surface area (Å²) in [6.45, 7) is 5.44. The van der Waals surface area contributed by atoms with Gasteiger partial charge in [0.1, 0.15) is 10.3 Å². The minimum atomic E-state index is -0.330. The van der Waals surface area contributed by atoms with Gasteiger partial charge in [0.05, 0.1) is 0 Å². The number of nitrogens with zero attached hydrogens (tertiary/aromatic N) is 2. The number of amides is 2. The van der Waals surface area contributed by atoms with Crippen molar-refractivity contribution in [3.05, 3.63) is 28.0 Å². The Bertz CT molecular complexity index is 470. The number of hydrogen-bond acceptors (Lipinski definition) is 3. The van der Waals surface area contributed by atoms with Gasteiger partial charge >= 0.3 is 0 Å². The molecule has 110 valence electrons. The minimum Gasteiger partial charge on any atom is -0.352 e. The lowest BCUT2D eigenvalue weighted by Gasteiger charge is -2.18. The second kappa shape index (κ2) is 8.07. The molecule has 2 amide bonds. The van der Waals surface area contributed by atoms with E-state index in [-0.39, 0.29) is 35.1 Å². The van der Waals surface area contributed by atoms with Gasteiger partial charge in [-0.15, -0.1) is 0 Å². The molecule has 1 aromatic rings. The van der Waals surface area contributed by atoms with E-state index in [1.54, 1.807) is 4.90 Å². The highest BCUT2D eigenvalue weighted by atomic mass is 35.5. The van der Waals surface area contributed by atoms with Crippen LogP contribution in [0.5, 0.6) is 0 Å². The molecule has 0 bridgehead atoms. The van der Waals surface area contributed by atoms with Gasteiger partial charge in [0, 0.05) is 31.6 Å². The van der Waals surface area contributed by atoms with Crippen molar-refractivity contribution in [1.82, 2.24) is 15.2 Å². The number of carbonyl (C=O) groups is 2. The van der Waals surface area contributed by atoms with Crippen LogP contribution in [0.1, 0.15) is 30.6 Å². The largest absolute Gasteiger partial charge is 0.352 e. The number of rotatable bonds is 6. The van der Waals surface area contributed by atoms with Gasteiger partial charge in [-0.3, -0.25) is 9.59 Å². The van der Waals surface area contributed by atoms with Crippen LogP contribution in [0.25, 0.3) is 0 Å². The van der Waals surface area contributed by atoms with Crippen LogP contribution >= 0.6 is 23.2 Å². The summed E-state index contributed by atoms with van der Waals surface area (Å²) in [6, 6.07) is 2.85. The van der Waals surface area contributed by atoms with Crippen molar-refractivity contribution < 1.29 is 9.59 Å². The molecular formula is C13H17Cl2N3O2. The maximum atomic E-state index is 11.9. The molecule has 1 N–H and O–H groups in total. The maximum absolute atomic E-state index is 11.9. The van der Waals surface area contributed by atoms with E-state index in [2.05, 4.69) is 10.3 Å². The zero-order valence-corrected chi connectivity index (χ0v) is 13.0. The van der Waals surface area contributed by atoms with Gasteiger partial charge < -0.3 is 10.2 Å². The quantitative estimate of drug-likeness (QED) is 0.819. The molecule has 20 heavy (non-hydrogen) atoms. The Morgan fingerprint density at radius 1 is 1.20 bits per heavy atom. The Hall–Kier alpha value is -1.33. The third kappa shape index (κ3) is 4.98. The van der Waals surface area contributed by atoms with Gasteiger partial charge in [-0.25, -0.2) is 4.98 Å². The molecular weight excluding hydrogens is 301 g/mol. The molecule has 1 heterocycles. The number of hydrogen-bond donors (Lipinski definition) is 1. The van der Waals surface area contributed by atoms with Crippen LogP contribution in [0.4, 0.5) is 0 Å². The van der Waals surface area contributed by atoms with Crippen LogP contribution in [0.3, 0.4) is 0 Å². The second-order valence-corrected chi connectivity index (χ2v) is 4.85. The summed E-state index contributed by atoms with van der Waals surface area (Å²) >= 11 is 11.4. The van der Waals surface area contributed by atoms with E-state index < -0.39 is 0 Å². The van der Waals surface area contributed by atoms with E-state index in [0.29, 0.717) is 18.7 Å². The van der Waals surface area contributed by atoms with Crippen LogP contribution in [0, 0.1) is 0 Å². The van der Waals surface area contributed by atoms with Gasteiger partial charge in [-0.1, -0.05) is 23.2 Å². The summed E-state index contributed by atoms with van der Waals surface area (Å²) in [7, 11) is 0. The molecule has 0 fully saturated rings. The first-order valence-corrected chi connectivity index (χ1v) is 7.12. The first-order chi connectivity index (χ1) is 9.47. The van der Waals surface area contributed by atoms with Crippen LogP contribution in [0.15, 0.2) is 12.1 Å². The van der Waals surface area contributed by atoms with Crippen molar-refractivity contribution >= 4 is 35.0 Å². The Morgan fingerprint density at radius 2 is 1.75 bits per heavy atom. The third-order valence-corrected chi connectivity index (χ3v) is 3.15. The minimum absolute atomic E-state index is 0.0149. The number of nitrogens with one attached hydrogen (secondary N) is 1. The number of aromatic nitrogens is 1. The van der Waals surface area contributed by atoms with Gasteiger partial charge in [0.15, 0.2) is 0 Å². The smallest absolute Gasteiger partial charge is 0.251 e. The molecule has 0 aliphatic rings. The van der Waals surface area contributed by atoms with Gasteiger partial charge in [0.25, 0.3) is 5.91 Å². The fourth-order valence-electron chi connectivity index (χ4n) is 1.72. The molecule has 1 aromatic heterocycles. The fraction of sp³-hybridized carbons (Fsp3) is 0.462. The average Bonchev–Trinajstić information content (AvgIpc) is 2.38. The molecule has 0 aliphatic heterocycles. The summed E-state index contributed by atoms with van der Waals surface area (Å²) in [5.74, 6) is -0.315. The fourth-order valence-corrected chi connectivity index (χ4v) is 2.18. The monoisotopic (exact) mass is 317 g/mol. The molecule has 0 saturated carbocycles. The van der Waals surface area contributed by atoms with Crippen molar-refractivity contribution in [3.63, 3.8) is 0 Å². The normalized spacial score (nSPS) is 10.2. The van der Waals surface area contributed by atoms with Crippen molar-refractivity contribution in [2.45, 2.75) is 20.3 Å². The topological polar surface area (TPSA) is 62.3 Å². The van der Waals surface area contributed by atoms with Crippen molar-refractivity contribution in [3.8, 4) is 0 Å². The van der Waals surface area contributed by atoms with Gasteiger partial charge in [-0.2, -0.15) is 0 Å². The van der Waals surface area contributed by atoms with E-state index in [0.717, 1.165) is 0 Å². The molecule has 5 nitrogen and oxygen atoms in total. The highest BCUT2D eigenvalue weighted by molar-refractivity contribution is 6.33. The highest BCUT2D eigenvalue weighted by Gasteiger charge is 2.11. The predicted molar refractivity (Wildman–Crippen MR) is 79.1 cm³/mol. The Balaban J connectivity index is 2.49. The molecule has 0 aromatic carbocycles. The lowest BCUT2D eigenvalue weighted by atomic mass is 10.2. The zero-order chi connectivity index (χ0) is 15.1. The first-order valence-electron chi connectivity index (χ1n) is 6.37. The Labute approximate surface area is 128 Å². The second-order valence-electron chi connectivity index (χ2n) is 4.07. The molecule has 0 unspecified atom stereocenters. The van der Waals surface area contributed by atoms with Crippen LogP contribution < -0.4 is 5.32 Å². The van der Waals surface area contributed by atoms with Crippen LogP contribution in [-0.2, 0) is 4.79 Å². The number of halogens is 2. The standard InChI is InChI=1S/C13H17Cl2N3O2/c1-3-18(4-2)12(19)5-6-16-13(20)9-7-10(14)17-11(15)8-9/h7-8H,3-6H2,1-2H3,(H,16,20). The average molecular weight is 318 g/mol. The first kappa shape index (κ1) is 16.7. The molecule has 0 spiro atoms. The van der Waals surface area contributed by atoms with Crippen LogP contribution in [0.2, 0.25) is 10.3 Å². The highest BCUT2D eigenvalue weighted by Crippen LogP contribution is 2.14. The van der Waals surface area contributed by atoms with Crippen molar-refractivity contribution in [2.24, 2.45) is 0 Å². The predicted octanol–water partition coefficient (Wildman–Crippen LogP) is 2.38. The van der Waals surface area contributed by atoms with E-state index >= 15 is 0 Å². The van der Waals surface area contributed by atoms with E-state index in [4.69, 9.17) is 23.2 Å². The molecule has 0 atom stereocenters. The number of carbonyl (C=O) groups excluding carboxylic acids is 2. The molecule has 0 saturated heterocycles. The summed E-state index contributed by atoms with van der Waals surface area (Å²) < 4.78 is 0. The van der Waals surface area contributed by atoms with E-state index in [1.807, 2.05) is 13.8 Å². The SMILES string of the molecule is CCN(CC)C(=O)CCNC(=O)c1cc(Cl)nc(Cl)c1. The summed E-state index contributed by atoms with van der Waals surface area (Å²) in [4.78, 5) is 29.1. The van der Waals surface area contributed by atoms with Gasteiger partial charge in [-0.05, 0) is 26.0 Å². The van der Waals surface area contributed by atoms with Crippen molar-refractivity contribution in [1.29, 1.82) is 0 Å². The van der Waals surface area contributed by atoms with E-state index in [9.17, 15) is 9.59 Å². The summed E-state index contributed by atoms with van der Waals surface area (Å²) in [5, 5.41) is 2.96. The van der Waals surface area contributed by atoms with Crippen LogP contribution in [-0.4, -0.2) is 41.3 Å². The maximum Gasteiger partial charge on any atom is 0.251 e. The molecule has 0 radical (unpaired) electrons. The van der Waals surface area contributed by atoms with Crippen molar-refractivity contribution in [2.75, 3.05) is 19.6 Å². The van der Waals surface area contributed by atoms with E-state index in [1.165, 1.54) is 12.1 Å².